The molecule has 1 fully saturated rings. The summed E-state index contributed by atoms with van der Waals surface area (Å²) in [6, 6.07) is 16.8. The highest BCUT2D eigenvalue weighted by molar-refractivity contribution is 8.14. The molecule has 1 saturated heterocycles. The Hall–Kier alpha value is -1.82. The molecule has 0 bridgehead atoms. The third kappa shape index (κ3) is 5.33. The van der Waals surface area contributed by atoms with Gasteiger partial charge in [0.1, 0.15) is 0 Å². The number of Topliss-reactive ketones (excluding diaryl/α,β-unsaturated/α-hetero) is 1. The number of nitrogens with zero attached hydrogens (tertiary/aromatic N) is 2. The highest BCUT2D eigenvalue weighted by Crippen LogP contribution is 2.20. The van der Waals surface area contributed by atoms with E-state index in [1.165, 1.54) is 11.8 Å². The number of carbonyl (C=O) groups excluding carboxylic acids is 1. The van der Waals surface area contributed by atoms with E-state index in [2.05, 4.69) is 4.90 Å². The van der Waals surface area contributed by atoms with Gasteiger partial charge in [0, 0.05) is 23.7 Å². The van der Waals surface area contributed by atoms with Crippen LogP contribution < -0.4 is 0 Å². The number of morpholine rings is 1. The van der Waals surface area contributed by atoms with Crippen molar-refractivity contribution < 1.29 is 9.53 Å². The largest absolute Gasteiger partial charge is 0.378 e. The Morgan fingerprint density at radius 3 is 2.44 bits per heavy atom. The summed E-state index contributed by atoms with van der Waals surface area (Å²) in [5, 5.41) is 1.49. The fourth-order valence-corrected chi connectivity index (χ4v) is 3.50. The average Bonchev–Trinajstić information content (AvgIpc) is 2.67. The van der Waals surface area contributed by atoms with Gasteiger partial charge in [-0.1, -0.05) is 41.6 Å². The number of aliphatic imine (C=N–C) groups is 1. The van der Waals surface area contributed by atoms with Gasteiger partial charge in [-0.05, 0) is 36.4 Å². The van der Waals surface area contributed by atoms with Crippen LogP contribution in [0, 0.1) is 0 Å². The molecule has 2 aromatic carbocycles. The Bertz CT molecular complexity index is 729. The number of benzene rings is 2. The minimum Gasteiger partial charge on any atom is -0.378 e. The summed E-state index contributed by atoms with van der Waals surface area (Å²) in [5.74, 6) is 0.403. The summed E-state index contributed by atoms with van der Waals surface area (Å²) in [5.41, 5.74) is 1.55. The summed E-state index contributed by atoms with van der Waals surface area (Å²) in [6.07, 6.45) is 0. The van der Waals surface area contributed by atoms with Gasteiger partial charge < -0.3 is 9.64 Å². The first kappa shape index (κ1) is 18.0. The predicted octanol–water partition coefficient (Wildman–Crippen LogP) is 4.28. The molecule has 0 unspecified atom stereocenters. The van der Waals surface area contributed by atoms with Crippen molar-refractivity contribution in [2.24, 2.45) is 4.99 Å². The van der Waals surface area contributed by atoms with Gasteiger partial charge in [-0.2, -0.15) is 0 Å². The molecule has 0 aromatic heterocycles. The highest BCUT2D eigenvalue weighted by Gasteiger charge is 2.18. The molecule has 0 spiro atoms. The Morgan fingerprint density at radius 2 is 1.76 bits per heavy atom. The number of hydrogen-bond acceptors (Lipinski definition) is 4. The Balaban J connectivity index is 1.72. The number of amidine groups is 1. The molecule has 0 radical (unpaired) electrons. The van der Waals surface area contributed by atoms with Gasteiger partial charge >= 0.3 is 0 Å². The van der Waals surface area contributed by atoms with Crippen LogP contribution in [-0.2, 0) is 4.74 Å². The molecule has 0 amide bonds. The normalized spacial score (nSPS) is 15.2. The van der Waals surface area contributed by atoms with Gasteiger partial charge in [-0.3, -0.25) is 4.79 Å². The van der Waals surface area contributed by atoms with Crippen LogP contribution in [0.15, 0.2) is 59.6 Å². The molecule has 0 saturated carbocycles. The molecule has 1 aliphatic heterocycles. The zero-order valence-corrected chi connectivity index (χ0v) is 15.3. The van der Waals surface area contributed by atoms with Gasteiger partial charge in [-0.15, -0.1) is 0 Å². The van der Waals surface area contributed by atoms with Gasteiger partial charge in [0.2, 0.25) is 0 Å². The highest BCUT2D eigenvalue weighted by atomic mass is 35.5. The average molecular weight is 375 g/mol. The van der Waals surface area contributed by atoms with E-state index < -0.39 is 0 Å². The summed E-state index contributed by atoms with van der Waals surface area (Å²) >= 11 is 7.35. The van der Waals surface area contributed by atoms with Crippen LogP contribution in [0.3, 0.4) is 0 Å². The number of hydrogen-bond donors (Lipinski definition) is 0. The lowest BCUT2D eigenvalue weighted by molar-refractivity contribution is 0.0694. The monoisotopic (exact) mass is 374 g/mol. The number of carbonyl (C=O) groups is 1. The van der Waals surface area contributed by atoms with Crippen LogP contribution in [0.5, 0.6) is 0 Å². The molecule has 0 N–H and O–H groups in total. The summed E-state index contributed by atoms with van der Waals surface area (Å²) < 4.78 is 5.42. The topological polar surface area (TPSA) is 41.9 Å². The second-order valence-electron chi connectivity index (χ2n) is 5.55. The van der Waals surface area contributed by atoms with Gasteiger partial charge in [0.15, 0.2) is 11.0 Å². The minimum absolute atomic E-state index is 0.0655. The Morgan fingerprint density at radius 1 is 1.08 bits per heavy atom. The zero-order valence-electron chi connectivity index (χ0n) is 13.7. The van der Waals surface area contributed by atoms with Crippen molar-refractivity contribution >= 4 is 40.0 Å². The van der Waals surface area contributed by atoms with E-state index in [-0.39, 0.29) is 5.78 Å². The third-order valence-electron chi connectivity index (χ3n) is 3.76. The van der Waals surface area contributed by atoms with Crippen LogP contribution in [0.25, 0.3) is 0 Å². The van der Waals surface area contributed by atoms with Crippen molar-refractivity contribution in [2.45, 2.75) is 0 Å². The van der Waals surface area contributed by atoms with E-state index in [0.29, 0.717) is 29.6 Å². The zero-order chi connectivity index (χ0) is 17.5. The number of para-hydroxylation sites is 1. The number of thioether (sulfide) groups is 1. The first-order valence-electron chi connectivity index (χ1n) is 8.10. The molecule has 25 heavy (non-hydrogen) atoms. The minimum atomic E-state index is 0.0655. The van der Waals surface area contributed by atoms with Crippen molar-refractivity contribution in [2.75, 3.05) is 32.1 Å². The van der Waals surface area contributed by atoms with Crippen molar-refractivity contribution in [3.8, 4) is 0 Å². The Labute approximate surface area is 156 Å². The summed E-state index contributed by atoms with van der Waals surface area (Å²) in [7, 11) is 0. The molecule has 1 heterocycles. The fraction of sp³-hybridized carbons (Fsp3) is 0.263. The predicted molar refractivity (Wildman–Crippen MR) is 104 cm³/mol. The number of ketones is 1. The van der Waals surface area contributed by atoms with Crippen molar-refractivity contribution in [3.63, 3.8) is 0 Å². The van der Waals surface area contributed by atoms with E-state index >= 15 is 0 Å². The second kappa shape index (κ2) is 9.04. The van der Waals surface area contributed by atoms with Crippen LogP contribution in [-0.4, -0.2) is 47.9 Å². The molecule has 130 valence electrons. The lowest BCUT2D eigenvalue weighted by atomic mass is 10.1. The number of ether oxygens (including phenoxy) is 1. The quantitative estimate of drug-likeness (QED) is 0.455. The molecule has 6 heteroatoms. The smallest absolute Gasteiger partial charge is 0.173 e. The lowest BCUT2D eigenvalue weighted by Crippen LogP contribution is -2.39. The number of rotatable bonds is 4. The van der Waals surface area contributed by atoms with Crippen molar-refractivity contribution in [1.82, 2.24) is 4.90 Å². The van der Waals surface area contributed by atoms with Gasteiger partial charge in [0.05, 0.1) is 24.7 Å². The fourth-order valence-electron chi connectivity index (χ4n) is 2.41. The van der Waals surface area contributed by atoms with Gasteiger partial charge in [-0.25, -0.2) is 4.99 Å². The maximum atomic E-state index is 12.4. The molecule has 4 nitrogen and oxygen atoms in total. The van der Waals surface area contributed by atoms with Crippen molar-refractivity contribution in [3.05, 3.63) is 65.2 Å². The summed E-state index contributed by atoms with van der Waals surface area (Å²) in [4.78, 5) is 19.3. The van der Waals surface area contributed by atoms with Crippen LogP contribution in [0.4, 0.5) is 5.69 Å². The molecule has 2 aromatic rings. The first-order chi connectivity index (χ1) is 12.2. The second-order valence-corrected chi connectivity index (χ2v) is 6.93. The van der Waals surface area contributed by atoms with Gasteiger partial charge in [0.25, 0.3) is 0 Å². The lowest BCUT2D eigenvalue weighted by Gasteiger charge is -2.29. The first-order valence-corrected chi connectivity index (χ1v) is 9.47. The molecule has 3 rings (SSSR count). The molecular formula is C19H19ClN2O2S. The standard InChI is InChI=1S/C19H19ClN2O2S/c20-16-8-6-15(7-9-16)18(23)14-25-19(22-10-12-24-13-11-22)21-17-4-2-1-3-5-17/h1-9H,10-14H2. The maximum Gasteiger partial charge on any atom is 0.173 e. The molecule has 0 aliphatic carbocycles. The van der Waals surface area contributed by atoms with E-state index in [1.54, 1.807) is 24.3 Å². The van der Waals surface area contributed by atoms with E-state index in [9.17, 15) is 4.79 Å². The molecule has 1 aliphatic rings. The maximum absolute atomic E-state index is 12.4. The Kier molecular flexibility index (Phi) is 6.50. The number of halogens is 1. The molecule has 0 atom stereocenters. The van der Waals surface area contributed by atoms with E-state index in [1.807, 2.05) is 30.3 Å². The third-order valence-corrected chi connectivity index (χ3v) is 5.03. The van der Waals surface area contributed by atoms with E-state index in [4.69, 9.17) is 21.3 Å². The van der Waals surface area contributed by atoms with Crippen LogP contribution in [0.2, 0.25) is 5.02 Å². The van der Waals surface area contributed by atoms with Crippen molar-refractivity contribution in [1.29, 1.82) is 0 Å². The summed E-state index contributed by atoms with van der Waals surface area (Å²) in [6.45, 7) is 2.93. The molecular weight excluding hydrogens is 356 g/mol. The van der Waals surface area contributed by atoms with Crippen LogP contribution in [0.1, 0.15) is 10.4 Å². The SMILES string of the molecule is O=C(CSC(=Nc1ccccc1)N1CCOCC1)c1ccc(Cl)cc1. The van der Waals surface area contributed by atoms with Crippen LogP contribution >= 0.6 is 23.4 Å². The van der Waals surface area contributed by atoms with E-state index in [0.717, 1.165) is 23.9 Å².